The Labute approximate surface area is 208 Å². The predicted octanol–water partition coefficient (Wildman–Crippen LogP) is 4.04. The van der Waals surface area contributed by atoms with Gasteiger partial charge in [0.05, 0.1) is 16.0 Å². The average molecular weight is 534 g/mol. The third-order valence-electron chi connectivity index (χ3n) is 5.10. The summed E-state index contributed by atoms with van der Waals surface area (Å²) in [6.07, 6.45) is 2.99. The van der Waals surface area contributed by atoms with Gasteiger partial charge >= 0.3 is 6.03 Å². The summed E-state index contributed by atoms with van der Waals surface area (Å²) < 4.78 is 41.9. The maximum atomic E-state index is 15.0. The van der Waals surface area contributed by atoms with Crippen LogP contribution in [-0.2, 0) is 10.0 Å². The number of alkyl halides is 1. The molecule has 1 aromatic heterocycles. The van der Waals surface area contributed by atoms with Gasteiger partial charge in [-0.3, -0.25) is 9.36 Å². The topological polar surface area (TPSA) is 133 Å². The number of rotatable bonds is 5. The molecule has 2 heterocycles. The van der Waals surface area contributed by atoms with Gasteiger partial charge in [-0.25, -0.2) is 22.3 Å². The van der Waals surface area contributed by atoms with Crippen LogP contribution in [0.25, 0.3) is 16.5 Å². The standard InChI is InChI=1S/C22H17ClFN5O4S2/c1-26-13-2-4-15-16(8-13)12(10-25)11-29(21(15)30)18-5-3-14(9-17(18)24)27-22(31)28-35(32,33)20-7-6-19(23)34-20/h2-5,7-9,11,19,26H,6H2,1H3,(H2,27,28,31). The van der Waals surface area contributed by atoms with Crippen LogP contribution in [0.15, 0.2) is 57.7 Å². The SMILES string of the molecule is CNc1ccc2c(=O)n(-c3ccc(NC(=O)NS(=O)(=O)C4=CCC(Cl)S4)cc3F)cc(C#N)c2c1. The number of nitrogens with one attached hydrogen (secondary N) is 3. The number of benzene rings is 2. The van der Waals surface area contributed by atoms with Crippen molar-refractivity contribution in [1.82, 2.24) is 9.29 Å². The molecule has 0 saturated heterocycles. The summed E-state index contributed by atoms with van der Waals surface area (Å²) in [7, 11) is -2.41. The Bertz CT molecular complexity index is 1600. The highest BCUT2D eigenvalue weighted by Gasteiger charge is 2.28. The summed E-state index contributed by atoms with van der Waals surface area (Å²) in [5.74, 6) is -0.873. The van der Waals surface area contributed by atoms with Gasteiger partial charge in [0.1, 0.15) is 16.1 Å². The van der Waals surface area contributed by atoms with Crippen LogP contribution in [0.3, 0.4) is 0 Å². The van der Waals surface area contributed by atoms with Crippen LogP contribution in [0.4, 0.5) is 20.6 Å². The Kier molecular flexibility index (Phi) is 6.75. The highest BCUT2D eigenvalue weighted by molar-refractivity contribution is 8.19. The van der Waals surface area contributed by atoms with Gasteiger partial charge in [0.25, 0.3) is 15.6 Å². The van der Waals surface area contributed by atoms with Crippen LogP contribution in [0, 0.1) is 17.1 Å². The largest absolute Gasteiger partial charge is 0.388 e. The zero-order valence-corrected chi connectivity index (χ0v) is 20.4. The molecule has 1 aliphatic heterocycles. The number of carbonyl (C=O) groups excluding carboxylic acids is 1. The molecule has 0 spiro atoms. The van der Waals surface area contributed by atoms with Crippen molar-refractivity contribution in [2.24, 2.45) is 0 Å². The normalized spacial score (nSPS) is 15.4. The molecular formula is C22H17ClFN5O4S2. The Balaban J connectivity index is 1.61. The van der Waals surface area contributed by atoms with Crippen LogP contribution >= 0.6 is 23.4 Å². The number of carbonyl (C=O) groups is 1. The van der Waals surface area contributed by atoms with E-state index in [2.05, 4.69) is 10.6 Å². The highest BCUT2D eigenvalue weighted by Crippen LogP contribution is 2.37. The minimum Gasteiger partial charge on any atom is -0.388 e. The molecule has 0 radical (unpaired) electrons. The van der Waals surface area contributed by atoms with Crippen LogP contribution in [-0.4, -0.2) is 30.8 Å². The number of fused-ring (bicyclic) bond motifs is 1. The number of nitriles is 1. The Morgan fingerprint density at radius 2 is 1.97 bits per heavy atom. The van der Waals surface area contributed by atoms with E-state index >= 15 is 0 Å². The van der Waals surface area contributed by atoms with E-state index in [0.29, 0.717) is 17.5 Å². The fourth-order valence-corrected chi connectivity index (χ4v) is 6.32. The van der Waals surface area contributed by atoms with E-state index < -0.39 is 32.1 Å². The third kappa shape index (κ3) is 4.97. The van der Waals surface area contributed by atoms with Crippen molar-refractivity contribution in [2.45, 2.75) is 11.1 Å². The van der Waals surface area contributed by atoms with Gasteiger partial charge in [-0.2, -0.15) is 5.26 Å². The molecule has 3 aromatic rings. The first-order valence-electron chi connectivity index (χ1n) is 10.0. The van der Waals surface area contributed by atoms with E-state index in [1.165, 1.54) is 24.4 Å². The smallest absolute Gasteiger partial charge is 0.333 e. The molecule has 1 atom stereocenters. The zero-order chi connectivity index (χ0) is 25.3. The number of hydrogen-bond donors (Lipinski definition) is 3. The molecule has 180 valence electrons. The third-order valence-corrected chi connectivity index (χ3v) is 8.49. The molecule has 13 heteroatoms. The van der Waals surface area contributed by atoms with Crippen molar-refractivity contribution in [2.75, 3.05) is 17.7 Å². The summed E-state index contributed by atoms with van der Waals surface area (Å²) in [5.41, 5.74) is 0.144. The maximum Gasteiger partial charge on any atom is 0.333 e. The second kappa shape index (κ2) is 9.61. The molecule has 9 nitrogen and oxygen atoms in total. The predicted molar refractivity (Wildman–Crippen MR) is 135 cm³/mol. The molecule has 35 heavy (non-hydrogen) atoms. The number of allylic oxidation sites excluding steroid dienone is 1. The van der Waals surface area contributed by atoms with E-state index in [1.54, 1.807) is 25.2 Å². The first kappa shape index (κ1) is 24.6. The van der Waals surface area contributed by atoms with Crippen molar-refractivity contribution in [1.29, 1.82) is 5.26 Å². The van der Waals surface area contributed by atoms with Gasteiger partial charge in [0.15, 0.2) is 0 Å². The number of sulfonamides is 1. The summed E-state index contributed by atoms with van der Waals surface area (Å²) in [6.45, 7) is 0. The molecule has 0 saturated carbocycles. The van der Waals surface area contributed by atoms with Gasteiger partial charge in [-0.1, -0.05) is 17.8 Å². The molecule has 3 N–H and O–H groups in total. The average Bonchev–Trinajstić information content (AvgIpc) is 3.26. The Hall–Kier alpha value is -3.53. The minimum atomic E-state index is -4.11. The monoisotopic (exact) mass is 533 g/mol. The fourth-order valence-electron chi connectivity index (χ4n) is 3.46. The molecule has 2 amide bonds. The van der Waals surface area contributed by atoms with Gasteiger partial charge in [-0.05, 0) is 42.8 Å². The van der Waals surface area contributed by atoms with Crippen molar-refractivity contribution in [3.05, 3.63) is 74.6 Å². The van der Waals surface area contributed by atoms with E-state index in [0.717, 1.165) is 22.4 Å². The number of hydrogen-bond acceptors (Lipinski definition) is 7. The van der Waals surface area contributed by atoms with Crippen LogP contribution < -0.4 is 20.9 Å². The second-order valence-corrected chi connectivity index (χ2v) is 11.3. The minimum absolute atomic E-state index is 0.0461. The van der Waals surface area contributed by atoms with Crippen molar-refractivity contribution >= 4 is 61.6 Å². The van der Waals surface area contributed by atoms with Crippen LogP contribution in [0.5, 0.6) is 0 Å². The summed E-state index contributed by atoms with van der Waals surface area (Å²) in [5, 5.41) is 15.4. The molecule has 0 bridgehead atoms. The molecule has 4 rings (SSSR count). The lowest BCUT2D eigenvalue weighted by Crippen LogP contribution is -2.34. The lowest BCUT2D eigenvalue weighted by Gasteiger charge is -2.13. The highest BCUT2D eigenvalue weighted by atomic mass is 35.5. The van der Waals surface area contributed by atoms with Crippen LogP contribution in [0.2, 0.25) is 0 Å². The second-order valence-electron chi connectivity index (χ2n) is 7.35. The number of pyridine rings is 1. The number of anilines is 2. The van der Waals surface area contributed by atoms with E-state index in [1.807, 2.05) is 10.8 Å². The van der Waals surface area contributed by atoms with Crippen molar-refractivity contribution in [3.63, 3.8) is 0 Å². The van der Waals surface area contributed by atoms with Gasteiger partial charge in [-0.15, -0.1) is 11.6 Å². The zero-order valence-electron chi connectivity index (χ0n) is 18.0. The number of thioether (sulfide) groups is 1. The number of urea groups is 1. The fraction of sp³-hybridized carbons (Fsp3) is 0.136. The first-order chi connectivity index (χ1) is 16.6. The molecule has 0 fully saturated rings. The lowest BCUT2D eigenvalue weighted by molar-refractivity contribution is 0.256. The summed E-state index contributed by atoms with van der Waals surface area (Å²) >= 11 is 6.78. The maximum absolute atomic E-state index is 15.0. The van der Waals surface area contributed by atoms with Crippen molar-refractivity contribution < 1.29 is 17.6 Å². The molecule has 1 unspecified atom stereocenters. The van der Waals surface area contributed by atoms with Gasteiger partial charge < -0.3 is 10.6 Å². The molecular weight excluding hydrogens is 517 g/mol. The molecule has 2 aromatic carbocycles. The van der Waals surface area contributed by atoms with E-state index in [-0.39, 0.29) is 26.6 Å². The van der Waals surface area contributed by atoms with E-state index in [9.17, 15) is 27.7 Å². The number of amides is 2. The van der Waals surface area contributed by atoms with Crippen LogP contribution in [0.1, 0.15) is 12.0 Å². The molecule has 0 aliphatic carbocycles. The van der Waals surface area contributed by atoms with Gasteiger partial charge in [0.2, 0.25) is 0 Å². The van der Waals surface area contributed by atoms with Gasteiger partial charge in [0, 0.05) is 35.4 Å². The number of nitrogens with zero attached hydrogens (tertiary/aromatic N) is 2. The van der Waals surface area contributed by atoms with E-state index in [4.69, 9.17) is 11.6 Å². The Morgan fingerprint density at radius 1 is 1.23 bits per heavy atom. The first-order valence-corrected chi connectivity index (χ1v) is 12.8. The van der Waals surface area contributed by atoms with Crippen molar-refractivity contribution in [3.8, 4) is 11.8 Å². The summed E-state index contributed by atoms with van der Waals surface area (Å²) in [4.78, 5) is 25.2. The number of aromatic nitrogens is 1. The Morgan fingerprint density at radius 3 is 2.60 bits per heavy atom. The lowest BCUT2D eigenvalue weighted by atomic mass is 10.1. The number of halogens is 2. The molecule has 1 aliphatic rings. The summed E-state index contributed by atoms with van der Waals surface area (Å²) in [6, 6.07) is 9.27. The quantitative estimate of drug-likeness (QED) is 0.421.